The lowest BCUT2D eigenvalue weighted by atomic mass is 10.2. The molecule has 9 nitrogen and oxygen atoms in total. The fraction of sp³-hybridized carbons (Fsp3) is 0.154. The van der Waals surface area contributed by atoms with Gasteiger partial charge < -0.3 is 4.84 Å². The number of rotatable bonds is 3. The van der Waals surface area contributed by atoms with E-state index >= 15 is 0 Å². The Morgan fingerprint density at radius 3 is 2.50 bits per heavy atom. The van der Waals surface area contributed by atoms with Gasteiger partial charge in [0, 0.05) is 18.9 Å². The molecular weight excluding hydrogens is 294 g/mol. The lowest BCUT2D eigenvalue weighted by Crippen LogP contribution is -2.37. The van der Waals surface area contributed by atoms with Crippen LogP contribution >= 0.6 is 0 Å². The van der Waals surface area contributed by atoms with E-state index in [2.05, 4.69) is 9.79 Å². The molecule has 1 aromatic carbocycles. The predicted molar refractivity (Wildman–Crippen MR) is 67.4 cm³/mol. The van der Waals surface area contributed by atoms with E-state index in [0.717, 1.165) is 6.20 Å². The third-order valence-corrected chi connectivity index (χ3v) is 3.04. The van der Waals surface area contributed by atoms with E-state index < -0.39 is 23.4 Å². The summed E-state index contributed by atoms with van der Waals surface area (Å²) in [4.78, 5) is 51.1. The SMILES string of the molecule is O=C(ON1C(=O)CCC1=O)c1ccccc1-[n+]1cc(=O)o[nH]1. The van der Waals surface area contributed by atoms with Crippen molar-refractivity contribution in [2.24, 2.45) is 0 Å². The first-order valence-corrected chi connectivity index (χ1v) is 6.34. The first kappa shape index (κ1) is 13.7. The Hall–Kier alpha value is -3.23. The molecule has 2 heterocycles. The molecule has 0 spiro atoms. The van der Waals surface area contributed by atoms with E-state index in [1.54, 1.807) is 12.1 Å². The highest BCUT2D eigenvalue weighted by molar-refractivity contribution is 6.03. The molecule has 9 heteroatoms. The summed E-state index contributed by atoms with van der Waals surface area (Å²) < 4.78 is 5.72. The monoisotopic (exact) mass is 304 g/mol. The van der Waals surface area contributed by atoms with Gasteiger partial charge in [-0.25, -0.2) is 9.59 Å². The summed E-state index contributed by atoms with van der Waals surface area (Å²) in [5.74, 6) is -2.03. The summed E-state index contributed by atoms with van der Waals surface area (Å²) in [5, 5.41) is 2.76. The standard InChI is InChI=1S/C13H9N3O6/c17-10-5-6-11(18)16(10)22-13(20)8-3-1-2-4-9(8)15-7-12(19)21-14-15/h1-4,7H,5-6H2/p+1. The molecule has 2 aromatic rings. The van der Waals surface area contributed by atoms with Crippen molar-refractivity contribution in [3.05, 3.63) is 46.4 Å². The number of benzene rings is 1. The Kier molecular flexibility index (Phi) is 3.30. The minimum Gasteiger partial charge on any atom is -0.325 e. The van der Waals surface area contributed by atoms with Gasteiger partial charge >= 0.3 is 11.6 Å². The predicted octanol–water partition coefficient (Wildman–Crippen LogP) is -0.535. The molecule has 3 rings (SSSR count). The van der Waals surface area contributed by atoms with Crippen LogP contribution in [0.5, 0.6) is 0 Å². The van der Waals surface area contributed by atoms with E-state index in [1.807, 2.05) is 0 Å². The molecule has 1 aliphatic rings. The number of carbonyl (C=O) groups is 3. The quantitative estimate of drug-likeness (QED) is 0.602. The zero-order valence-electron chi connectivity index (χ0n) is 11.1. The molecule has 0 radical (unpaired) electrons. The van der Waals surface area contributed by atoms with E-state index in [9.17, 15) is 19.2 Å². The number of imide groups is 1. The van der Waals surface area contributed by atoms with Crippen molar-refractivity contribution in [2.75, 3.05) is 0 Å². The number of para-hydroxylation sites is 1. The first-order chi connectivity index (χ1) is 10.6. The summed E-state index contributed by atoms with van der Waals surface area (Å²) in [6.07, 6.45) is 1.12. The number of amides is 2. The Morgan fingerprint density at radius 2 is 1.86 bits per heavy atom. The van der Waals surface area contributed by atoms with Crippen molar-refractivity contribution in [3.63, 3.8) is 0 Å². The topological polar surface area (TPSA) is 114 Å². The maximum Gasteiger partial charge on any atom is 0.427 e. The molecule has 0 bridgehead atoms. The fourth-order valence-corrected chi connectivity index (χ4v) is 2.02. The lowest BCUT2D eigenvalue weighted by molar-refractivity contribution is -0.670. The van der Waals surface area contributed by atoms with Gasteiger partial charge in [0.25, 0.3) is 23.7 Å². The van der Waals surface area contributed by atoms with Crippen LogP contribution in [0.4, 0.5) is 0 Å². The van der Waals surface area contributed by atoms with Crippen LogP contribution in [0.2, 0.25) is 0 Å². The minimum atomic E-state index is -0.895. The number of nitrogens with one attached hydrogen (secondary N) is 1. The molecule has 0 aliphatic carbocycles. The fourth-order valence-electron chi connectivity index (χ4n) is 2.02. The number of aromatic amines is 1. The highest BCUT2D eigenvalue weighted by Gasteiger charge is 2.34. The molecule has 1 aromatic heterocycles. The molecule has 22 heavy (non-hydrogen) atoms. The summed E-state index contributed by atoms with van der Waals surface area (Å²) in [6.45, 7) is 0. The molecule has 112 valence electrons. The van der Waals surface area contributed by atoms with Crippen LogP contribution in [0.15, 0.2) is 39.8 Å². The van der Waals surface area contributed by atoms with E-state index in [-0.39, 0.29) is 24.1 Å². The number of H-pyrrole nitrogens is 1. The van der Waals surface area contributed by atoms with Crippen molar-refractivity contribution in [2.45, 2.75) is 12.8 Å². The Labute approximate surface area is 122 Å². The second-order valence-electron chi connectivity index (χ2n) is 4.49. The van der Waals surface area contributed by atoms with Crippen LogP contribution in [-0.2, 0) is 14.4 Å². The molecule has 1 N–H and O–H groups in total. The van der Waals surface area contributed by atoms with Gasteiger partial charge in [0.15, 0.2) is 0 Å². The van der Waals surface area contributed by atoms with Gasteiger partial charge in [-0.15, -0.1) is 5.06 Å². The van der Waals surface area contributed by atoms with Gasteiger partial charge in [-0.05, 0) is 16.0 Å². The smallest absolute Gasteiger partial charge is 0.325 e. The van der Waals surface area contributed by atoms with Gasteiger partial charge in [-0.3, -0.25) is 14.1 Å². The van der Waals surface area contributed by atoms with Crippen molar-refractivity contribution < 1.29 is 28.4 Å². The molecule has 0 saturated carbocycles. The van der Waals surface area contributed by atoms with Gasteiger partial charge in [0.05, 0.1) is 0 Å². The summed E-state index contributed by atoms with van der Waals surface area (Å²) in [7, 11) is 0. The third kappa shape index (κ3) is 2.39. The number of nitrogens with zero attached hydrogens (tertiary/aromatic N) is 2. The zero-order chi connectivity index (χ0) is 15.7. The molecule has 1 saturated heterocycles. The average Bonchev–Trinajstić information content (AvgIpc) is 3.08. The molecular formula is C13H10N3O6+. The van der Waals surface area contributed by atoms with Crippen LogP contribution in [0.1, 0.15) is 23.2 Å². The minimum absolute atomic E-state index is 0.0115. The third-order valence-electron chi connectivity index (χ3n) is 3.04. The van der Waals surface area contributed by atoms with Gasteiger partial charge in [-0.2, -0.15) is 0 Å². The maximum atomic E-state index is 12.2. The van der Waals surface area contributed by atoms with Gasteiger partial charge in [0.1, 0.15) is 5.56 Å². The Balaban J connectivity index is 1.92. The Morgan fingerprint density at radius 1 is 1.18 bits per heavy atom. The normalized spacial score (nSPS) is 14.5. The maximum absolute atomic E-state index is 12.2. The first-order valence-electron chi connectivity index (χ1n) is 6.34. The number of aromatic nitrogens is 2. The van der Waals surface area contributed by atoms with Gasteiger partial charge in [-0.1, -0.05) is 12.1 Å². The van der Waals surface area contributed by atoms with Crippen LogP contribution in [0.3, 0.4) is 0 Å². The highest BCUT2D eigenvalue weighted by atomic mass is 16.7. The molecule has 0 unspecified atom stereocenters. The van der Waals surface area contributed by atoms with Gasteiger partial charge in [0.2, 0.25) is 0 Å². The summed E-state index contributed by atoms with van der Waals surface area (Å²) in [5.41, 5.74) is -0.303. The van der Waals surface area contributed by atoms with Crippen molar-refractivity contribution >= 4 is 17.8 Å². The number of carbonyl (C=O) groups excluding carboxylic acids is 3. The van der Waals surface area contributed by atoms with Crippen molar-refractivity contribution in [3.8, 4) is 5.69 Å². The lowest BCUT2D eigenvalue weighted by Gasteiger charge is -2.12. The summed E-state index contributed by atoms with van der Waals surface area (Å²) in [6, 6.07) is 6.18. The molecule has 2 amide bonds. The molecule has 1 aliphatic heterocycles. The Bertz CT molecular complexity index is 805. The average molecular weight is 304 g/mol. The van der Waals surface area contributed by atoms with Crippen molar-refractivity contribution in [1.29, 1.82) is 0 Å². The molecule has 1 fully saturated rings. The largest absolute Gasteiger partial charge is 0.427 e. The zero-order valence-corrected chi connectivity index (χ0v) is 11.1. The number of hydroxylamine groups is 2. The number of hydrogen-bond donors (Lipinski definition) is 1. The van der Waals surface area contributed by atoms with Crippen LogP contribution in [-0.4, -0.2) is 28.1 Å². The molecule has 0 atom stereocenters. The second kappa shape index (κ2) is 5.28. The van der Waals surface area contributed by atoms with Crippen molar-refractivity contribution in [1.82, 2.24) is 10.3 Å². The number of hydrogen-bond acceptors (Lipinski definition) is 6. The van der Waals surface area contributed by atoms with Crippen LogP contribution in [0.25, 0.3) is 5.69 Å². The second-order valence-corrected chi connectivity index (χ2v) is 4.49. The summed E-state index contributed by atoms with van der Waals surface area (Å²) >= 11 is 0. The van der Waals surface area contributed by atoms with Crippen LogP contribution < -0.4 is 10.3 Å². The van der Waals surface area contributed by atoms with E-state index in [0.29, 0.717) is 5.06 Å². The van der Waals surface area contributed by atoms with Crippen LogP contribution in [0, 0.1) is 0 Å². The van der Waals surface area contributed by atoms with E-state index in [1.165, 1.54) is 16.8 Å². The van der Waals surface area contributed by atoms with E-state index in [4.69, 9.17) is 4.84 Å². The highest BCUT2D eigenvalue weighted by Crippen LogP contribution is 2.16.